The summed E-state index contributed by atoms with van der Waals surface area (Å²) < 4.78 is 31.1. The van der Waals surface area contributed by atoms with Crippen LogP contribution in [0.5, 0.6) is 0 Å². The van der Waals surface area contributed by atoms with Crippen LogP contribution in [0.2, 0.25) is 0 Å². The molecule has 0 radical (unpaired) electrons. The number of aromatic nitrogens is 6. The normalized spacial score (nSPS) is 18.9. The number of likely N-dealkylation sites (tertiary alicyclic amines) is 2. The number of aromatic amines is 2. The van der Waals surface area contributed by atoms with Crippen molar-refractivity contribution in [3.8, 4) is 33.9 Å². The van der Waals surface area contributed by atoms with Crippen LogP contribution in [0.4, 0.5) is 14.0 Å². The number of methoxy groups -OCH3 is 3. The van der Waals surface area contributed by atoms with E-state index in [4.69, 9.17) is 14.2 Å². The number of carboxylic acid groups (broad SMARTS) is 1. The highest BCUT2D eigenvalue weighted by molar-refractivity contribution is 5.87. The van der Waals surface area contributed by atoms with Crippen molar-refractivity contribution in [1.82, 2.24) is 49.9 Å². The third-order valence-corrected chi connectivity index (χ3v) is 10.7. The fourth-order valence-corrected chi connectivity index (χ4v) is 7.39. The molecule has 2 unspecified atom stereocenters. The second-order valence-corrected chi connectivity index (χ2v) is 14.1. The number of rotatable bonds is 13. The summed E-state index contributed by atoms with van der Waals surface area (Å²) >= 11 is 0. The average Bonchev–Trinajstić information content (AvgIpc) is 4.06. The van der Waals surface area contributed by atoms with Crippen molar-refractivity contribution in [3.05, 3.63) is 60.5 Å². The molecule has 1 aromatic carbocycles. The molecule has 5 heterocycles. The first kappa shape index (κ1) is 40.7. The zero-order valence-electron chi connectivity index (χ0n) is 32.6. The van der Waals surface area contributed by atoms with Crippen LogP contribution < -0.4 is 5.32 Å². The predicted molar refractivity (Wildman–Crippen MR) is 202 cm³/mol. The number of carbonyl (C=O) groups excluding carboxylic acids is 3. The number of nitrogens with zero attached hydrogens (tertiary/aromatic N) is 7. The molecule has 2 fully saturated rings. The highest BCUT2D eigenvalue weighted by atomic mass is 19.1. The van der Waals surface area contributed by atoms with Crippen molar-refractivity contribution >= 4 is 24.0 Å². The van der Waals surface area contributed by atoms with E-state index in [1.165, 1.54) is 40.6 Å². The third-order valence-electron chi connectivity index (χ3n) is 10.7. The van der Waals surface area contributed by atoms with Crippen LogP contribution in [-0.4, -0.2) is 139 Å². The summed E-state index contributed by atoms with van der Waals surface area (Å²) in [7, 11) is 5.45. The van der Waals surface area contributed by atoms with Crippen molar-refractivity contribution < 1.29 is 42.9 Å². The molecular weight excluding hydrogens is 743 g/mol. The Labute approximate surface area is 328 Å². The SMILES string of the molecule is COC(=O)N[C@H](C(=O)N1CCCC1c1ncc(-c2cnc(-c3ccc(-c4cnc(C5CCCN5C(=O)[C@H]([C@@H](C)OC)N(C)C(=O)O)[nH]4)c(F)c3)nc2)[nH]1)[C@@H](C)OC. The van der Waals surface area contributed by atoms with Gasteiger partial charge < -0.3 is 44.4 Å². The van der Waals surface area contributed by atoms with Crippen LogP contribution in [-0.2, 0) is 23.8 Å². The van der Waals surface area contributed by atoms with Gasteiger partial charge in [-0.1, -0.05) is 6.07 Å². The second kappa shape index (κ2) is 17.5. The highest BCUT2D eigenvalue weighted by Gasteiger charge is 2.41. The average molecular weight is 791 g/mol. The van der Waals surface area contributed by atoms with E-state index in [1.54, 1.807) is 54.4 Å². The number of hydrogen-bond acceptors (Lipinski definition) is 11. The Morgan fingerprint density at radius 3 is 1.98 bits per heavy atom. The maximum absolute atomic E-state index is 15.7. The van der Waals surface area contributed by atoms with Gasteiger partial charge in [-0.05, 0) is 51.7 Å². The summed E-state index contributed by atoms with van der Waals surface area (Å²) in [5, 5.41) is 12.2. The monoisotopic (exact) mass is 790 g/mol. The van der Waals surface area contributed by atoms with Gasteiger partial charge in [0.2, 0.25) is 11.8 Å². The van der Waals surface area contributed by atoms with Gasteiger partial charge >= 0.3 is 12.2 Å². The Kier molecular flexibility index (Phi) is 12.5. The number of likely N-dealkylation sites (N-methyl/N-ethyl adjacent to an activating group) is 1. The molecule has 0 aliphatic carbocycles. The largest absolute Gasteiger partial charge is 0.465 e. The van der Waals surface area contributed by atoms with E-state index < -0.39 is 54.2 Å². The number of amides is 4. The second-order valence-electron chi connectivity index (χ2n) is 14.1. The number of imidazole rings is 2. The van der Waals surface area contributed by atoms with Gasteiger partial charge in [-0.3, -0.25) is 14.5 Å². The number of carbonyl (C=O) groups is 4. The van der Waals surface area contributed by atoms with E-state index in [9.17, 15) is 24.3 Å². The first-order valence-electron chi connectivity index (χ1n) is 18.6. The third kappa shape index (κ3) is 8.43. The molecule has 304 valence electrons. The molecule has 57 heavy (non-hydrogen) atoms. The maximum Gasteiger partial charge on any atom is 0.407 e. The van der Waals surface area contributed by atoms with Crippen LogP contribution >= 0.6 is 0 Å². The summed E-state index contributed by atoms with van der Waals surface area (Å²) in [6.45, 7) is 4.23. The van der Waals surface area contributed by atoms with E-state index in [-0.39, 0.29) is 17.5 Å². The summed E-state index contributed by atoms with van der Waals surface area (Å²) in [5.74, 6) is 0.0950. The minimum Gasteiger partial charge on any atom is -0.465 e. The first-order chi connectivity index (χ1) is 27.4. The molecular formula is C38H47FN10O8. The number of H-pyrrole nitrogens is 2. The number of ether oxygens (including phenoxy) is 3. The number of alkyl carbamates (subject to hydrolysis) is 1. The lowest BCUT2D eigenvalue weighted by atomic mass is 10.1. The lowest BCUT2D eigenvalue weighted by molar-refractivity contribution is -0.141. The van der Waals surface area contributed by atoms with Crippen LogP contribution in [0.1, 0.15) is 63.3 Å². The van der Waals surface area contributed by atoms with Crippen LogP contribution in [0.15, 0.2) is 43.0 Å². The van der Waals surface area contributed by atoms with Crippen molar-refractivity contribution in [2.24, 2.45) is 0 Å². The topological polar surface area (TPSA) is 221 Å². The van der Waals surface area contributed by atoms with Gasteiger partial charge in [0, 0.05) is 63.4 Å². The molecule has 2 saturated heterocycles. The lowest BCUT2D eigenvalue weighted by Gasteiger charge is -2.34. The van der Waals surface area contributed by atoms with E-state index in [2.05, 4.69) is 35.2 Å². The molecule has 2 aliphatic heterocycles. The quantitative estimate of drug-likeness (QED) is 0.150. The minimum atomic E-state index is -1.25. The lowest BCUT2D eigenvalue weighted by Crippen LogP contribution is -2.54. The predicted octanol–water partition coefficient (Wildman–Crippen LogP) is 4.16. The van der Waals surface area contributed by atoms with E-state index in [1.807, 2.05) is 0 Å². The highest BCUT2D eigenvalue weighted by Crippen LogP contribution is 2.35. The summed E-state index contributed by atoms with van der Waals surface area (Å²) in [4.78, 5) is 79.6. The Hall–Kier alpha value is -5.95. The van der Waals surface area contributed by atoms with Crippen LogP contribution in [0, 0.1) is 5.82 Å². The number of halogens is 1. The molecule has 2 aliphatic rings. The van der Waals surface area contributed by atoms with Crippen LogP contribution in [0.3, 0.4) is 0 Å². The first-order valence-corrected chi connectivity index (χ1v) is 18.6. The van der Waals surface area contributed by atoms with Gasteiger partial charge in [0.25, 0.3) is 0 Å². The number of benzene rings is 1. The molecule has 0 bridgehead atoms. The minimum absolute atomic E-state index is 0.259. The van der Waals surface area contributed by atoms with Crippen molar-refractivity contribution in [1.29, 1.82) is 0 Å². The van der Waals surface area contributed by atoms with Gasteiger partial charge in [-0.2, -0.15) is 0 Å². The summed E-state index contributed by atoms with van der Waals surface area (Å²) in [6, 6.07) is 1.83. The van der Waals surface area contributed by atoms with Gasteiger partial charge in [0.1, 0.15) is 29.5 Å². The molecule has 4 N–H and O–H groups in total. The van der Waals surface area contributed by atoms with E-state index in [0.29, 0.717) is 72.3 Å². The molecule has 4 aromatic rings. The molecule has 3 aromatic heterocycles. The molecule has 18 nitrogen and oxygen atoms in total. The Balaban J connectivity index is 1.14. The van der Waals surface area contributed by atoms with Crippen molar-refractivity contribution in [2.45, 2.75) is 75.9 Å². The van der Waals surface area contributed by atoms with Crippen molar-refractivity contribution in [2.75, 3.05) is 41.5 Å². The van der Waals surface area contributed by atoms with Gasteiger partial charge in [-0.25, -0.2) is 33.9 Å². The molecule has 19 heteroatoms. The van der Waals surface area contributed by atoms with Gasteiger partial charge in [0.15, 0.2) is 5.82 Å². The summed E-state index contributed by atoms with van der Waals surface area (Å²) in [5.41, 5.74) is 2.37. The molecule has 0 spiro atoms. The fourth-order valence-electron chi connectivity index (χ4n) is 7.39. The fraction of sp³-hybridized carbons (Fsp3) is 0.474. The molecule has 6 rings (SSSR count). The zero-order valence-corrected chi connectivity index (χ0v) is 32.6. The molecule has 4 amide bonds. The zero-order chi connectivity index (χ0) is 41.0. The van der Waals surface area contributed by atoms with Crippen LogP contribution in [0.25, 0.3) is 33.9 Å². The van der Waals surface area contributed by atoms with Gasteiger partial charge in [-0.15, -0.1) is 0 Å². The van der Waals surface area contributed by atoms with E-state index >= 15 is 4.39 Å². The number of hydrogen-bond donors (Lipinski definition) is 4. The van der Waals surface area contributed by atoms with Crippen molar-refractivity contribution in [3.63, 3.8) is 0 Å². The Morgan fingerprint density at radius 1 is 0.842 bits per heavy atom. The molecule has 0 saturated carbocycles. The summed E-state index contributed by atoms with van der Waals surface area (Å²) in [6.07, 6.45) is 5.78. The Morgan fingerprint density at radius 2 is 1.42 bits per heavy atom. The van der Waals surface area contributed by atoms with E-state index in [0.717, 1.165) is 11.3 Å². The standard InChI is InChI=1S/C38H47FN10O8/c1-20(55-4)30(46-37(52)57-6)35(50)48-13-7-9-28(48)33-42-18-26(44-33)23-16-40-32(41-17-23)22-11-12-24(25(39)15-22)27-19-43-34(45-27)29-10-8-14-49(29)36(51)31(21(2)56-5)47(3)38(53)54/h11-12,15-21,28-31H,7-10,13-14H2,1-6H3,(H,42,44)(H,43,45)(H,46,52)(H,53,54)/t20-,21-,28?,29?,30+,31+/m1/s1. The Bertz CT molecular complexity index is 2080. The van der Waals surface area contributed by atoms with Gasteiger partial charge in [0.05, 0.1) is 55.2 Å². The smallest absolute Gasteiger partial charge is 0.407 e. The number of nitrogens with one attached hydrogen (secondary N) is 3. The molecule has 6 atom stereocenters. The maximum atomic E-state index is 15.7.